The van der Waals surface area contributed by atoms with Gasteiger partial charge in [0.2, 0.25) is 5.91 Å². The Hall–Kier alpha value is -2.45. The molecule has 2 heterocycles. The quantitative estimate of drug-likeness (QED) is 0.819. The van der Waals surface area contributed by atoms with Gasteiger partial charge in [-0.15, -0.1) is 10.3 Å². The van der Waals surface area contributed by atoms with E-state index >= 15 is 0 Å². The molecule has 0 bridgehead atoms. The van der Waals surface area contributed by atoms with E-state index in [4.69, 9.17) is 0 Å². The van der Waals surface area contributed by atoms with E-state index in [-0.39, 0.29) is 12.5 Å². The molecule has 0 saturated carbocycles. The second kappa shape index (κ2) is 6.45. The van der Waals surface area contributed by atoms with E-state index < -0.39 is 22.3 Å². The third kappa shape index (κ3) is 3.64. The second-order valence-corrected chi connectivity index (χ2v) is 7.13. The number of hydroxylamine groups is 2. The van der Waals surface area contributed by atoms with Crippen LogP contribution in [0.4, 0.5) is 0 Å². The Labute approximate surface area is 145 Å². The second-order valence-electron chi connectivity index (χ2n) is 7.13. The summed E-state index contributed by atoms with van der Waals surface area (Å²) in [6.45, 7) is 7.12. The van der Waals surface area contributed by atoms with Gasteiger partial charge in [0.15, 0.2) is 0 Å². The van der Waals surface area contributed by atoms with Crippen molar-refractivity contribution in [1.29, 1.82) is 0 Å². The van der Waals surface area contributed by atoms with Gasteiger partial charge in [-0.2, -0.15) is 0 Å². The zero-order valence-corrected chi connectivity index (χ0v) is 15.0. The summed E-state index contributed by atoms with van der Waals surface area (Å²) in [5, 5.41) is 15.9. The van der Waals surface area contributed by atoms with E-state index in [0.29, 0.717) is 11.1 Å². The van der Waals surface area contributed by atoms with Gasteiger partial charge in [0.25, 0.3) is 5.56 Å². The molecule has 2 N–H and O–H groups in total. The monoisotopic (exact) mass is 347 g/mol. The smallest absolute Gasteiger partial charge is 0.328 e. The summed E-state index contributed by atoms with van der Waals surface area (Å²) in [6, 6.07) is 0. The Morgan fingerprint density at radius 3 is 2.48 bits per heavy atom. The summed E-state index contributed by atoms with van der Waals surface area (Å²) < 4.78 is 1.26. The van der Waals surface area contributed by atoms with E-state index in [1.165, 1.54) is 23.9 Å². The van der Waals surface area contributed by atoms with Gasteiger partial charge in [0, 0.05) is 25.4 Å². The summed E-state index contributed by atoms with van der Waals surface area (Å²) in [4.78, 5) is 37.5. The van der Waals surface area contributed by atoms with E-state index in [1.54, 1.807) is 39.8 Å². The molecule has 0 aromatic carbocycles. The van der Waals surface area contributed by atoms with Crippen LogP contribution in [-0.2, 0) is 17.0 Å². The number of carbonyl (C=O) groups is 1. The molecule has 25 heavy (non-hydrogen) atoms. The maximum Gasteiger partial charge on any atom is 0.328 e. The first-order chi connectivity index (χ1) is 11.5. The highest BCUT2D eigenvalue weighted by atomic mass is 16.5. The number of hydrogen-bond donors (Lipinski definition) is 2. The van der Waals surface area contributed by atoms with Gasteiger partial charge in [0.1, 0.15) is 0 Å². The van der Waals surface area contributed by atoms with Crippen LogP contribution in [0.1, 0.15) is 33.3 Å². The summed E-state index contributed by atoms with van der Waals surface area (Å²) in [7, 11) is 1.53. The van der Waals surface area contributed by atoms with Crippen molar-refractivity contribution in [2.45, 2.75) is 38.8 Å². The first kappa shape index (κ1) is 18.9. The van der Waals surface area contributed by atoms with Crippen LogP contribution in [0.25, 0.3) is 6.08 Å². The maximum atomic E-state index is 12.4. The topological polar surface area (TPSA) is 107 Å². The maximum absolute atomic E-state index is 12.4. The third-order valence-corrected chi connectivity index (χ3v) is 4.25. The number of carbonyl (C=O) groups excluding carboxylic acids is 1. The molecule has 1 radical (unpaired) electrons. The predicted octanol–water partition coefficient (Wildman–Crippen LogP) is 0.348. The van der Waals surface area contributed by atoms with Crippen LogP contribution in [0, 0.1) is 0 Å². The Balaban J connectivity index is 2.05. The average Bonchev–Trinajstić information content (AvgIpc) is 2.68. The van der Waals surface area contributed by atoms with E-state index in [2.05, 4.69) is 10.3 Å². The average molecular weight is 347 g/mol. The summed E-state index contributed by atoms with van der Waals surface area (Å²) in [5.41, 5.74) is -1.91. The molecule has 135 valence electrons. The van der Waals surface area contributed by atoms with Crippen molar-refractivity contribution in [2.24, 2.45) is 7.05 Å². The number of amides is 1. The molecule has 0 aliphatic carbocycles. The molecule has 0 saturated heterocycles. The van der Waals surface area contributed by atoms with Crippen LogP contribution in [0.5, 0.6) is 0 Å². The first-order valence-electron chi connectivity index (χ1n) is 7.92. The van der Waals surface area contributed by atoms with Crippen molar-refractivity contribution >= 4 is 12.0 Å². The molecule has 1 aliphatic rings. The normalized spacial score (nSPS) is 19.2. The van der Waals surface area contributed by atoms with Crippen LogP contribution in [0.3, 0.4) is 0 Å². The number of nitrogens with zero attached hydrogens (tertiary/aromatic N) is 2. The molecule has 1 aliphatic heterocycles. The van der Waals surface area contributed by atoms with Crippen LogP contribution in [0.15, 0.2) is 33.5 Å². The SMILES string of the molecule is Cn1cc(/C=C/CNC(=O)C2=CC(C)(C)N([O])C2(C)C)c(=O)[nH]c1=O. The number of aryl methyl sites for hydroxylation is 1. The van der Waals surface area contributed by atoms with Crippen molar-refractivity contribution in [1.82, 2.24) is 19.9 Å². The van der Waals surface area contributed by atoms with Gasteiger partial charge in [-0.3, -0.25) is 14.6 Å². The lowest BCUT2D eigenvalue weighted by Crippen LogP contribution is -2.48. The van der Waals surface area contributed by atoms with E-state index in [1.807, 2.05) is 0 Å². The Kier molecular flexibility index (Phi) is 4.87. The van der Waals surface area contributed by atoms with Gasteiger partial charge in [-0.1, -0.05) is 18.2 Å². The molecular formula is C17H23N4O4. The molecule has 0 unspecified atom stereocenters. The van der Waals surface area contributed by atoms with Gasteiger partial charge >= 0.3 is 5.69 Å². The van der Waals surface area contributed by atoms with Crippen molar-refractivity contribution < 1.29 is 10.0 Å². The fourth-order valence-electron chi connectivity index (χ4n) is 2.90. The largest absolute Gasteiger partial charge is 0.349 e. The van der Waals surface area contributed by atoms with Crippen LogP contribution < -0.4 is 16.6 Å². The number of nitrogens with one attached hydrogen (secondary N) is 2. The minimum absolute atomic E-state index is 0.188. The first-order valence-corrected chi connectivity index (χ1v) is 7.92. The lowest BCUT2D eigenvalue weighted by Gasteiger charge is -2.33. The molecule has 1 amide bonds. The number of H-pyrrole nitrogens is 1. The summed E-state index contributed by atoms with van der Waals surface area (Å²) in [6.07, 6.45) is 6.22. The Morgan fingerprint density at radius 1 is 1.28 bits per heavy atom. The number of aromatic amines is 1. The standard InChI is InChI=1S/C17H23N4O4/c1-16(2)9-12(17(3,4)21(16)25)14(23)18-8-6-7-11-10-20(5)15(24)19-13(11)22/h6-7,9-10H,8H2,1-5H3,(H,18,23)(H,19,22,24)/b7-6+. The van der Waals surface area contributed by atoms with Gasteiger partial charge in [0.05, 0.1) is 16.6 Å². The fourth-order valence-corrected chi connectivity index (χ4v) is 2.90. The highest BCUT2D eigenvalue weighted by Gasteiger charge is 2.48. The molecule has 0 fully saturated rings. The highest BCUT2D eigenvalue weighted by molar-refractivity contribution is 5.96. The summed E-state index contributed by atoms with van der Waals surface area (Å²) >= 11 is 0. The zero-order chi connectivity index (χ0) is 19.0. The molecule has 8 nitrogen and oxygen atoms in total. The van der Waals surface area contributed by atoms with Crippen molar-refractivity contribution in [3.05, 3.63) is 50.3 Å². The van der Waals surface area contributed by atoms with Crippen LogP contribution in [-0.4, -0.2) is 38.1 Å². The van der Waals surface area contributed by atoms with Gasteiger partial charge in [-0.25, -0.2) is 4.79 Å². The van der Waals surface area contributed by atoms with E-state index in [9.17, 15) is 19.6 Å². The molecule has 0 atom stereocenters. The molecule has 1 aromatic rings. The lowest BCUT2D eigenvalue weighted by atomic mass is 9.96. The lowest BCUT2D eigenvalue weighted by molar-refractivity contribution is -0.238. The number of rotatable bonds is 4. The van der Waals surface area contributed by atoms with E-state index in [0.717, 1.165) is 5.06 Å². The molecule has 2 rings (SSSR count). The van der Waals surface area contributed by atoms with Crippen molar-refractivity contribution in [3.8, 4) is 0 Å². The Morgan fingerprint density at radius 2 is 1.92 bits per heavy atom. The molecular weight excluding hydrogens is 324 g/mol. The number of hydrogen-bond acceptors (Lipinski definition) is 4. The van der Waals surface area contributed by atoms with Crippen molar-refractivity contribution in [2.75, 3.05) is 6.54 Å². The van der Waals surface area contributed by atoms with Crippen molar-refractivity contribution in [3.63, 3.8) is 0 Å². The fraction of sp³-hybridized carbons (Fsp3) is 0.471. The Bertz CT molecular complexity index is 858. The molecule has 0 spiro atoms. The van der Waals surface area contributed by atoms with Gasteiger partial charge < -0.3 is 9.88 Å². The minimum atomic E-state index is -0.911. The van der Waals surface area contributed by atoms with Crippen LogP contribution in [0.2, 0.25) is 0 Å². The predicted molar refractivity (Wildman–Crippen MR) is 93.1 cm³/mol. The highest BCUT2D eigenvalue weighted by Crippen LogP contribution is 2.38. The third-order valence-electron chi connectivity index (χ3n) is 4.25. The molecule has 1 aromatic heterocycles. The molecule has 8 heteroatoms. The van der Waals surface area contributed by atoms with Gasteiger partial charge in [-0.05, 0) is 27.7 Å². The zero-order valence-electron chi connectivity index (χ0n) is 15.0. The summed E-state index contributed by atoms with van der Waals surface area (Å²) in [5.74, 6) is -0.324. The van der Waals surface area contributed by atoms with Crippen LogP contribution >= 0.6 is 0 Å². The number of aromatic nitrogens is 2. The minimum Gasteiger partial charge on any atom is -0.349 e.